The van der Waals surface area contributed by atoms with Gasteiger partial charge in [-0.05, 0) is 43.2 Å². The third-order valence-electron chi connectivity index (χ3n) is 3.63. The molecule has 4 nitrogen and oxygen atoms in total. The van der Waals surface area contributed by atoms with Crippen molar-refractivity contribution >= 4 is 5.69 Å². The molecule has 1 fully saturated rings. The maximum atomic E-state index is 5.13. The highest BCUT2D eigenvalue weighted by atomic mass is 16.5. The predicted octanol–water partition coefficient (Wildman–Crippen LogP) is 4.21. The number of ether oxygens (including phenoxy) is 1. The fraction of sp³-hybridized carbons (Fsp3) is 0.294. The molecule has 4 heteroatoms. The van der Waals surface area contributed by atoms with Crippen LogP contribution in [-0.2, 0) is 0 Å². The molecule has 1 aromatic carbocycles. The molecule has 0 unspecified atom stereocenters. The summed E-state index contributed by atoms with van der Waals surface area (Å²) in [4.78, 5) is 2.35. The summed E-state index contributed by atoms with van der Waals surface area (Å²) >= 11 is 0. The minimum absolute atomic E-state index is 0.823. The van der Waals surface area contributed by atoms with Crippen molar-refractivity contribution in [1.29, 1.82) is 0 Å². The Morgan fingerprint density at radius 1 is 1.10 bits per heavy atom. The molecule has 1 saturated heterocycles. The van der Waals surface area contributed by atoms with Crippen LogP contribution in [0.25, 0.3) is 0 Å². The van der Waals surface area contributed by atoms with E-state index in [9.17, 15) is 0 Å². The van der Waals surface area contributed by atoms with Gasteiger partial charge in [0, 0.05) is 24.9 Å². The van der Waals surface area contributed by atoms with Gasteiger partial charge in [-0.3, -0.25) is 0 Å². The highest BCUT2D eigenvalue weighted by Gasteiger charge is 2.11. The average Bonchev–Trinajstić information content (AvgIpc) is 3.18. The summed E-state index contributed by atoms with van der Waals surface area (Å²) < 4.78 is 5.13. The molecule has 0 saturated carbocycles. The van der Waals surface area contributed by atoms with E-state index in [0.29, 0.717) is 0 Å². The van der Waals surface area contributed by atoms with E-state index in [4.69, 9.17) is 4.74 Å². The van der Waals surface area contributed by atoms with E-state index in [1.165, 1.54) is 12.8 Å². The molecule has 21 heavy (non-hydrogen) atoms. The minimum atomic E-state index is 0.823. The molecule has 1 aliphatic heterocycles. The van der Waals surface area contributed by atoms with Gasteiger partial charge in [-0.2, -0.15) is 5.11 Å². The largest absolute Gasteiger partial charge is 0.497 e. The highest BCUT2D eigenvalue weighted by molar-refractivity contribution is 5.48. The summed E-state index contributed by atoms with van der Waals surface area (Å²) in [7, 11) is 1.65. The number of rotatable bonds is 4. The Labute approximate surface area is 125 Å². The number of allylic oxidation sites excluding steroid dienone is 3. The molecule has 1 heterocycles. The normalized spacial score (nSPS) is 19.8. The van der Waals surface area contributed by atoms with Gasteiger partial charge in [0.1, 0.15) is 5.75 Å². The lowest BCUT2D eigenvalue weighted by Crippen LogP contribution is -2.11. The summed E-state index contributed by atoms with van der Waals surface area (Å²) in [5.41, 5.74) is 2.87. The molecule has 3 rings (SSSR count). The third-order valence-corrected chi connectivity index (χ3v) is 3.63. The van der Waals surface area contributed by atoms with E-state index in [-0.39, 0.29) is 0 Å². The maximum Gasteiger partial charge on any atom is 0.119 e. The van der Waals surface area contributed by atoms with Gasteiger partial charge in [-0.1, -0.05) is 12.2 Å². The Morgan fingerprint density at radius 2 is 1.86 bits per heavy atom. The van der Waals surface area contributed by atoms with E-state index in [0.717, 1.165) is 35.8 Å². The number of nitrogens with zero attached hydrogens (tertiary/aromatic N) is 3. The van der Waals surface area contributed by atoms with Gasteiger partial charge < -0.3 is 9.64 Å². The predicted molar refractivity (Wildman–Crippen MR) is 83.6 cm³/mol. The molecule has 0 amide bonds. The molecule has 0 aromatic heterocycles. The van der Waals surface area contributed by atoms with Gasteiger partial charge in [0.25, 0.3) is 0 Å². The summed E-state index contributed by atoms with van der Waals surface area (Å²) in [6.45, 7) is 2.28. The van der Waals surface area contributed by atoms with Crippen molar-refractivity contribution in [3.63, 3.8) is 0 Å². The molecular formula is C17H19N3O. The third kappa shape index (κ3) is 3.40. The van der Waals surface area contributed by atoms with Crippen LogP contribution >= 0.6 is 0 Å². The van der Waals surface area contributed by atoms with Gasteiger partial charge in [-0.15, -0.1) is 5.11 Å². The van der Waals surface area contributed by atoms with Gasteiger partial charge in [0.05, 0.1) is 18.5 Å². The lowest BCUT2D eigenvalue weighted by atomic mass is 10.2. The number of azo groups is 1. The number of hydrogen-bond donors (Lipinski definition) is 0. The van der Waals surface area contributed by atoms with E-state index in [1.54, 1.807) is 7.11 Å². The maximum absolute atomic E-state index is 5.13. The van der Waals surface area contributed by atoms with Crippen LogP contribution in [0, 0.1) is 0 Å². The molecule has 108 valence electrons. The second-order valence-corrected chi connectivity index (χ2v) is 5.14. The SMILES string of the molecule is COc1ccc(N=NC2=CC=CC2=CN2CCCC2)cc1. The molecule has 2 aliphatic rings. The number of benzene rings is 1. The zero-order valence-electron chi connectivity index (χ0n) is 12.2. The van der Waals surface area contributed by atoms with Crippen LogP contribution in [0.1, 0.15) is 12.8 Å². The molecule has 0 radical (unpaired) electrons. The molecule has 0 atom stereocenters. The first kappa shape index (κ1) is 13.6. The Kier molecular flexibility index (Phi) is 4.15. The number of methoxy groups -OCH3 is 1. The highest BCUT2D eigenvalue weighted by Crippen LogP contribution is 2.25. The Balaban J connectivity index is 1.69. The van der Waals surface area contributed by atoms with Crippen molar-refractivity contribution in [3.8, 4) is 5.75 Å². The van der Waals surface area contributed by atoms with Crippen LogP contribution in [0.3, 0.4) is 0 Å². The van der Waals surface area contributed by atoms with Crippen molar-refractivity contribution in [1.82, 2.24) is 4.90 Å². The number of hydrogen-bond acceptors (Lipinski definition) is 4. The van der Waals surface area contributed by atoms with E-state index < -0.39 is 0 Å². The standard InChI is InChI=1S/C17H19N3O/c1-21-16-9-7-15(8-10-16)18-19-17-6-4-5-14(17)13-20-11-2-3-12-20/h4-10,13H,2-3,11-12H2,1H3. The van der Waals surface area contributed by atoms with Crippen molar-refractivity contribution in [3.05, 3.63) is 60.0 Å². The fourth-order valence-electron chi connectivity index (χ4n) is 2.45. The molecule has 0 spiro atoms. The zero-order valence-corrected chi connectivity index (χ0v) is 12.2. The van der Waals surface area contributed by atoms with E-state index >= 15 is 0 Å². The average molecular weight is 281 g/mol. The van der Waals surface area contributed by atoms with Gasteiger partial charge >= 0.3 is 0 Å². The number of likely N-dealkylation sites (tertiary alicyclic amines) is 1. The first-order chi connectivity index (χ1) is 10.3. The Morgan fingerprint density at radius 3 is 2.57 bits per heavy atom. The quantitative estimate of drug-likeness (QED) is 0.775. The zero-order chi connectivity index (χ0) is 14.5. The monoisotopic (exact) mass is 281 g/mol. The topological polar surface area (TPSA) is 37.2 Å². The van der Waals surface area contributed by atoms with Crippen LogP contribution in [0.2, 0.25) is 0 Å². The molecule has 0 N–H and O–H groups in total. The van der Waals surface area contributed by atoms with Gasteiger partial charge in [0.15, 0.2) is 0 Å². The minimum Gasteiger partial charge on any atom is -0.497 e. The first-order valence-corrected chi connectivity index (χ1v) is 7.25. The molecule has 1 aliphatic carbocycles. The van der Waals surface area contributed by atoms with Crippen molar-refractivity contribution < 1.29 is 4.74 Å². The van der Waals surface area contributed by atoms with Crippen molar-refractivity contribution in [2.24, 2.45) is 10.2 Å². The second-order valence-electron chi connectivity index (χ2n) is 5.14. The van der Waals surface area contributed by atoms with Crippen LogP contribution in [0.15, 0.2) is 70.2 Å². The van der Waals surface area contributed by atoms with Crippen molar-refractivity contribution in [2.75, 3.05) is 20.2 Å². The van der Waals surface area contributed by atoms with Crippen LogP contribution < -0.4 is 4.74 Å². The molecular weight excluding hydrogens is 262 g/mol. The van der Waals surface area contributed by atoms with Crippen LogP contribution in [0.4, 0.5) is 5.69 Å². The molecule has 1 aromatic rings. The molecule has 0 bridgehead atoms. The lowest BCUT2D eigenvalue weighted by Gasteiger charge is -2.12. The van der Waals surface area contributed by atoms with Gasteiger partial charge in [0.2, 0.25) is 0 Å². The summed E-state index contributed by atoms with van der Waals surface area (Å²) in [5, 5.41) is 8.65. The fourth-order valence-corrected chi connectivity index (χ4v) is 2.45. The smallest absolute Gasteiger partial charge is 0.119 e. The van der Waals surface area contributed by atoms with E-state index in [2.05, 4.69) is 27.4 Å². The Bertz CT molecular complexity index is 605. The summed E-state index contributed by atoms with van der Waals surface area (Å²) in [6, 6.07) is 7.57. The summed E-state index contributed by atoms with van der Waals surface area (Å²) in [6.07, 6.45) is 10.8. The van der Waals surface area contributed by atoms with Crippen LogP contribution in [-0.4, -0.2) is 25.1 Å². The first-order valence-electron chi connectivity index (χ1n) is 7.25. The van der Waals surface area contributed by atoms with Gasteiger partial charge in [-0.25, -0.2) is 0 Å². The lowest BCUT2D eigenvalue weighted by molar-refractivity contribution is 0.415. The summed E-state index contributed by atoms with van der Waals surface area (Å²) in [5.74, 6) is 0.824. The van der Waals surface area contributed by atoms with Crippen molar-refractivity contribution in [2.45, 2.75) is 12.8 Å². The Hall–Kier alpha value is -2.36. The van der Waals surface area contributed by atoms with Crippen LogP contribution in [0.5, 0.6) is 5.75 Å². The second kappa shape index (κ2) is 6.39. The van der Waals surface area contributed by atoms with E-state index in [1.807, 2.05) is 36.4 Å².